The molecular formula is C18H22N2O4. The number of nitrogens with zero attached hydrogens (tertiary/aromatic N) is 2. The zero-order valence-electron chi connectivity index (χ0n) is 14.1. The van der Waals surface area contributed by atoms with Gasteiger partial charge in [0.05, 0.1) is 12.1 Å². The van der Waals surface area contributed by atoms with Gasteiger partial charge in [-0.3, -0.25) is 9.78 Å². The molecule has 0 aliphatic rings. The molecule has 0 saturated heterocycles. The maximum Gasteiger partial charge on any atom is 0.332 e. The molecule has 1 heterocycles. The summed E-state index contributed by atoms with van der Waals surface area (Å²) in [5.74, 6) is 0.188. The molecule has 1 unspecified atom stereocenters. The van der Waals surface area contributed by atoms with Crippen molar-refractivity contribution in [3.63, 3.8) is 0 Å². The van der Waals surface area contributed by atoms with Crippen LogP contribution in [0, 0.1) is 5.92 Å². The van der Waals surface area contributed by atoms with Crippen LogP contribution in [-0.4, -0.2) is 35.1 Å². The fraction of sp³-hybridized carbons (Fsp3) is 0.389. The molecule has 0 aliphatic carbocycles. The van der Waals surface area contributed by atoms with Crippen molar-refractivity contribution in [3.05, 3.63) is 36.5 Å². The lowest BCUT2D eigenvalue weighted by Gasteiger charge is -2.27. The Morgan fingerprint density at radius 3 is 2.79 bits per heavy atom. The minimum Gasteiger partial charge on any atom is -0.464 e. The molecule has 1 amide bonds. The Bertz CT molecular complexity index is 702. The molecule has 0 bridgehead atoms. The lowest BCUT2D eigenvalue weighted by molar-refractivity contribution is -0.173. The summed E-state index contributed by atoms with van der Waals surface area (Å²) >= 11 is 0. The number of carbonyl (C=O) groups is 2. The standard InChI is InChI=1S/C18H22N2O4/c1-4-23-18(22)17(10-13(2)3)20(12-21)24-15-7-8-16-14(11-15)6-5-9-19-16/h5-9,11-13,17H,4,10H2,1-3H3. The molecule has 0 N–H and O–H groups in total. The van der Waals surface area contributed by atoms with Gasteiger partial charge in [-0.25, -0.2) is 4.79 Å². The number of esters is 1. The molecule has 1 aromatic heterocycles. The fourth-order valence-electron chi connectivity index (χ4n) is 2.38. The second kappa shape index (κ2) is 8.29. The molecule has 0 spiro atoms. The Morgan fingerprint density at radius 1 is 1.33 bits per heavy atom. The third-order valence-corrected chi connectivity index (χ3v) is 3.45. The van der Waals surface area contributed by atoms with Crippen LogP contribution in [0.4, 0.5) is 0 Å². The van der Waals surface area contributed by atoms with Crippen molar-refractivity contribution in [3.8, 4) is 5.75 Å². The van der Waals surface area contributed by atoms with Crippen LogP contribution in [0.3, 0.4) is 0 Å². The van der Waals surface area contributed by atoms with E-state index in [1.165, 1.54) is 0 Å². The number of amides is 1. The third kappa shape index (κ3) is 4.44. The molecule has 0 fully saturated rings. The van der Waals surface area contributed by atoms with Gasteiger partial charge in [0.1, 0.15) is 0 Å². The molecule has 1 aromatic carbocycles. The van der Waals surface area contributed by atoms with Crippen molar-refractivity contribution in [2.45, 2.75) is 33.2 Å². The largest absolute Gasteiger partial charge is 0.464 e. The number of pyridine rings is 1. The SMILES string of the molecule is CCOC(=O)C(CC(C)C)N(C=O)Oc1ccc2ncccc2c1. The van der Waals surface area contributed by atoms with Gasteiger partial charge in [-0.1, -0.05) is 19.9 Å². The van der Waals surface area contributed by atoms with E-state index in [-0.39, 0.29) is 12.5 Å². The molecule has 1 atom stereocenters. The number of ether oxygens (including phenoxy) is 1. The molecule has 2 rings (SSSR count). The van der Waals surface area contributed by atoms with Gasteiger partial charge in [-0.2, -0.15) is 5.06 Å². The van der Waals surface area contributed by atoms with Crippen molar-refractivity contribution in [2.24, 2.45) is 5.92 Å². The highest BCUT2D eigenvalue weighted by Crippen LogP contribution is 2.21. The van der Waals surface area contributed by atoms with Gasteiger partial charge in [0.2, 0.25) is 6.41 Å². The van der Waals surface area contributed by atoms with Crippen LogP contribution >= 0.6 is 0 Å². The average molecular weight is 330 g/mol. The van der Waals surface area contributed by atoms with Crippen LogP contribution in [0.15, 0.2) is 36.5 Å². The second-order valence-electron chi connectivity index (χ2n) is 5.81. The summed E-state index contributed by atoms with van der Waals surface area (Å²) in [5, 5.41) is 1.91. The monoisotopic (exact) mass is 330 g/mol. The highest BCUT2D eigenvalue weighted by Gasteiger charge is 2.29. The van der Waals surface area contributed by atoms with Crippen LogP contribution in [0.1, 0.15) is 27.2 Å². The van der Waals surface area contributed by atoms with Crippen molar-refractivity contribution >= 4 is 23.3 Å². The predicted molar refractivity (Wildman–Crippen MR) is 90.2 cm³/mol. The van der Waals surface area contributed by atoms with E-state index in [0.29, 0.717) is 18.6 Å². The fourth-order valence-corrected chi connectivity index (χ4v) is 2.38. The number of hydrogen-bond acceptors (Lipinski definition) is 5. The van der Waals surface area contributed by atoms with E-state index in [1.807, 2.05) is 26.0 Å². The normalized spacial score (nSPS) is 12.0. The molecule has 0 saturated carbocycles. The van der Waals surface area contributed by atoms with E-state index in [2.05, 4.69) is 4.98 Å². The minimum atomic E-state index is -0.785. The lowest BCUT2D eigenvalue weighted by Crippen LogP contribution is -2.44. The van der Waals surface area contributed by atoms with Crippen molar-refractivity contribution < 1.29 is 19.2 Å². The molecule has 128 valence electrons. The Labute approximate surface area is 141 Å². The first-order valence-corrected chi connectivity index (χ1v) is 7.98. The van der Waals surface area contributed by atoms with Gasteiger partial charge in [-0.15, -0.1) is 0 Å². The quantitative estimate of drug-likeness (QED) is 0.423. The third-order valence-electron chi connectivity index (χ3n) is 3.45. The smallest absolute Gasteiger partial charge is 0.332 e. The van der Waals surface area contributed by atoms with Gasteiger partial charge in [0.25, 0.3) is 0 Å². The Hall–Kier alpha value is -2.63. The summed E-state index contributed by atoms with van der Waals surface area (Å²) in [5.41, 5.74) is 0.826. The Morgan fingerprint density at radius 2 is 2.12 bits per heavy atom. The highest BCUT2D eigenvalue weighted by molar-refractivity contribution is 5.80. The Kier molecular flexibility index (Phi) is 6.12. The van der Waals surface area contributed by atoms with E-state index in [4.69, 9.17) is 9.57 Å². The van der Waals surface area contributed by atoms with Crippen LogP contribution in [0.2, 0.25) is 0 Å². The number of carbonyl (C=O) groups excluding carboxylic acids is 2. The number of fused-ring (bicyclic) bond motifs is 1. The molecule has 24 heavy (non-hydrogen) atoms. The molecule has 0 radical (unpaired) electrons. The first kappa shape index (κ1) is 17.7. The number of aromatic nitrogens is 1. The number of benzene rings is 1. The van der Waals surface area contributed by atoms with Crippen LogP contribution < -0.4 is 4.84 Å². The maximum absolute atomic E-state index is 12.2. The molecule has 2 aromatic rings. The molecule has 0 aliphatic heterocycles. The van der Waals surface area contributed by atoms with Gasteiger partial charge < -0.3 is 9.57 Å². The first-order chi connectivity index (χ1) is 11.5. The summed E-state index contributed by atoms with van der Waals surface area (Å²) in [4.78, 5) is 33.5. The first-order valence-electron chi connectivity index (χ1n) is 7.98. The Balaban J connectivity index is 2.22. The number of hydroxylamine groups is 2. The lowest BCUT2D eigenvalue weighted by atomic mass is 10.0. The van der Waals surface area contributed by atoms with Crippen LogP contribution in [0.5, 0.6) is 5.75 Å². The number of hydrogen-bond donors (Lipinski definition) is 0. The van der Waals surface area contributed by atoms with Gasteiger partial charge in [0, 0.05) is 11.6 Å². The molecule has 6 nitrogen and oxygen atoms in total. The summed E-state index contributed by atoms with van der Waals surface area (Å²) in [6.45, 7) is 5.92. The minimum absolute atomic E-state index is 0.200. The van der Waals surface area contributed by atoms with E-state index < -0.39 is 12.0 Å². The maximum atomic E-state index is 12.2. The summed E-state index contributed by atoms with van der Waals surface area (Å²) in [6.07, 6.45) is 2.67. The van der Waals surface area contributed by atoms with Gasteiger partial charge >= 0.3 is 5.97 Å². The topological polar surface area (TPSA) is 68.7 Å². The van der Waals surface area contributed by atoms with Gasteiger partial charge in [-0.05, 0) is 43.5 Å². The summed E-state index contributed by atoms with van der Waals surface area (Å²) in [7, 11) is 0. The van der Waals surface area contributed by atoms with Crippen LogP contribution in [0.25, 0.3) is 10.9 Å². The molecular weight excluding hydrogens is 308 g/mol. The van der Waals surface area contributed by atoms with E-state index in [0.717, 1.165) is 16.0 Å². The molecule has 6 heteroatoms. The van der Waals surface area contributed by atoms with Crippen LogP contribution in [-0.2, 0) is 14.3 Å². The zero-order valence-corrected chi connectivity index (χ0v) is 14.1. The van der Waals surface area contributed by atoms with E-state index in [1.54, 1.807) is 31.3 Å². The van der Waals surface area contributed by atoms with Crippen molar-refractivity contribution in [1.82, 2.24) is 10.0 Å². The second-order valence-corrected chi connectivity index (χ2v) is 5.81. The zero-order chi connectivity index (χ0) is 17.5. The van der Waals surface area contributed by atoms with Crippen molar-refractivity contribution in [1.29, 1.82) is 0 Å². The van der Waals surface area contributed by atoms with E-state index in [9.17, 15) is 9.59 Å². The average Bonchev–Trinajstić information content (AvgIpc) is 2.57. The van der Waals surface area contributed by atoms with Gasteiger partial charge in [0.15, 0.2) is 11.8 Å². The van der Waals surface area contributed by atoms with E-state index >= 15 is 0 Å². The predicted octanol–water partition coefficient (Wildman–Crippen LogP) is 2.96. The number of rotatable bonds is 8. The highest BCUT2D eigenvalue weighted by atomic mass is 16.7. The summed E-state index contributed by atoms with van der Waals surface area (Å²) in [6, 6.07) is 8.23. The summed E-state index contributed by atoms with van der Waals surface area (Å²) < 4.78 is 5.07. The van der Waals surface area contributed by atoms with Crippen molar-refractivity contribution in [2.75, 3.05) is 6.61 Å².